The van der Waals surface area contributed by atoms with Gasteiger partial charge in [0, 0.05) is 6.20 Å². The standard InChI is InChI=1S/C16H9F3N2OS/c17-11-7-6-10(13(18)14(11)19)15(22)21-16-20-8-12(23-16)9-4-2-1-3-5-9/h1-8H,(H,20,21,22). The van der Waals surface area contributed by atoms with E-state index in [-0.39, 0.29) is 5.13 Å². The lowest BCUT2D eigenvalue weighted by Crippen LogP contribution is -2.15. The van der Waals surface area contributed by atoms with Crippen LogP contribution in [-0.2, 0) is 0 Å². The monoisotopic (exact) mass is 334 g/mol. The largest absolute Gasteiger partial charge is 0.298 e. The van der Waals surface area contributed by atoms with Crippen molar-refractivity contribution in [2.45, 2.75) is 0 Å². The van der Waals surface area contributed by atoms with Gasteiger partial charge in [-0.1, -0.05) is 41.7 Å². The molecule has 0 atom stereocenters. The van der Waals surface area contributed by atoms with Gasteiger partial charge in [-0.2, -0.15) is 0 Å². The molecule has 0 radical (unpaired) electrons. The van der Waals surface area contributed by atoms with Gasteiger partial charge in [0.05, 0.1) is 10.4 Å². The Bertz CT molecular complexity index is 865. The van der Waals surface area contributed by atoms with Gasteiger partial charge >= 0.3 is 0 Å². The van der Waals surface area contributed by atoms with Gasteiger partial charge in [0.15, 0.2) is 22.6 Å². The van der Waals surface area contributed by atoms with Gasteiger partial charge in [-0.15, -0.1) is 0 Å². The van der Waals surface area contributed by atoms with Crippen LogP contribution in [-0.4, -0.2) is 10.9 Å². The molecule has 0 bridgehead atoms. The van der Waals surface area contributed by atoms with Crippen LogP contribution in [0.5, 0.6) is 0 Å². The number of carbonyl (C=O) groups is 1. The highest BCUT2D eigenvalue weighted by atomic mass is 32.1. The number of hydrogen-bond donors (Lipinski definition) is 1. The van der Waals surface area contributed by atoms with Crippen LogP contribution in [0.1, 0.15) is 10.4 Å². The summed E-state index contributed by atoms with van der Waals surface area (Å²) in [6, 6.07) is 11.0. The fraction of sp³-hybridized carbons (Fsp3) is 0. The number of anilines is 1. The summed E-state index contributed by atoms with van der Waals surface area (Å²) in [6.07, 6.45) is 1.57. The number of benzene rings is 2. The molecule has 0 aliphatic rings. The normalized spacial score (nSPS) is 10.6. The Balaban J connectivity index is 1.82. The molecule has 1 aromatic heterocycles. The predicted octanol–water partition coefficient (Wildman–Crippen LogP) is 4.48. The van der Waals surface area contributed by atoms with Crippen molar-refractivity contribution in [3.8, 4) is 10.4 Å². The Kier molecular flexibility index (Phi) is 4.12. The van der Waals surface area contributed by atoms with E-state index in [1.807, 2.05) is 30.3 Å². The van der Waals surface area contributed by atoms with Crippen LogP contribution in [0.3, 0.4) is 0 Å². The molecule has 0 aliphatic carbocycles. The quantitative estimate of drug-likeness (QED) is 0.718. The Hall–Kier alpha value is -2.67. The predicted molar refractivity (Wildman–Crippen MR) is 81.8 cm³/mol. The summed E-state index contributed by atoms with van der Waals surface area (Å²) in [7, 11) is 0. The second-order valence-corrected chi connectivity index (χ2v) is 5.60. The summed E-state index contributed by atoms with van der Waals surface area (Å²) in [5.41, 5.74) is 0.338. The molecular weight excluding hydrogens is 325 g/mol. The van der Waals surface area contributed by atoms with E-state index < -0.39 is 28.9 Å². The van der Waals surface area contributed by atoms with E-state index in [9.17, 15) is 18.0 Å². The van der Waals surface area contributed by atoms with Crippen LogP contribution < -0.4 is 5.32 Å². The van der Waals surface area contributed by atoms with E-state index in [0.29, 0.717) is 6.07 Å². The first-order valence-electron chi connectivity index (χ1n) is 6.52. The van der Waals surface area contributed by atoms with Gasteiger partial charge in [-0.05, 0) is 17.7 Å². The molecule has 0 unspecified atom stereocenters. The van der Waals surface area contributed by atoms with Crippen molar-refractivity contribution >= 4 is 22.4 Å². The Morgan fingerprint density at radius 2 is 1.74 bits per heavy atom. The molecule has 1 heterocycles. The first kappa shape index (κ1) is 15.2. The van der Waals surface area contributed by atoms with Crippen molar-refractivity contribution in [2.75, 3.05) is 5.32 Å². The van der Waals surface area contributed by atoms with Crippen molar-refractivity contribution in [3.05, 3.63) is 71.7 Å². The number of nitrogens with zero attached hydrogens (tertiary/aromatic N) is 1. The zero-order valence-electron chi connectivity index (χ0n) is 11.5. The molecule has 1 amide bonds. The van der Waals surface area contributed by atoms with Crippen LogP contribution in [0.2, 0.25) is 0 Å². The van der Waals surface area contributed by atoms with Crippen molar-refractivity contribution < 1.29 is 18.0 Å². The lowest BCUT2D eigenvalue weighted by Gasteiger charge is -2.04. The second kappa shape index (κ2) is 6.21. The van der Waals surface area contributed by atoms with E-state index in [0.717, 1.165) is 16.5 Å². The highest BCUT2D eigenvalue weighted by molar-refractivity contribution is 7.19. The number of carbonyl (C=O) groups excluding carboxylic acids is 1. The maximum absolute atomic E-state index is 13.6. The number of halogens is 3. The maximum atomic E-state index is 13.6. The molecule has 0 saturated heterocycles. The van der Waals surface area contributed by atoms with Gasteiger partial charge in [-0.25, -0.2) is 18.2 Å². The highest BCUT2D eigenvalue weighted by Crippen LogP contribution is 2.29. The summed E-state index contributed by atoms with van der Waals surface area (Å²) >= 11 is 1.19. The topological polar surface area (TPSA) is 42.0 Å². The number of thiazole rings is 1. The van der Waals surface area contributed by atoms with E-state index in [1.54, 1.807) is 6.20 Å². The average molecular weight is 334 g/mol. The maximum Gasteiger partial charge on any atom is 0.260 e. The number of nitrogens with one attached hydrogen (secondary N) is 1. The van der Waals surface area contributed by atoms with Gasteiger partial charge in [-0.3, -0.25) is 10.1 Å². The Morgan fingerprint density at radius 1 is 1.00 bits per heavy atom. The van der Waals surface area contributed by atoms with Crippen LogP contribution in [0.15, 0.2) is 48.7 Å². The van der Waals surface area contributed by atoms with Crippen molar-refractivity contribution in [3.63, 3.8) is 0 Å². The van der Waals surface area contributed by atoms with Gasteiger partial charge in [0.2, 0.25) is 0 Å². The van der Waals surface area contributed by atoms with E-state index in [1.165, 1.54) is 11.3 Å². The third-order valence-corrected chi connectivity index (χ3v) is 4.03. The molecule has 2 aromatic carbocycles. The molecule has 23 heavy (non-hydrogen) atoms. The zero-order valence-corrected chi connectivity index (χ0v) is 12.3. The van der Waals surface area contributed by atoms with Gasteiger partial charge in [0.1, 0.15) is 0 Å². The number of aromatic nitrogens is 1. The molecule has 1 N–H and O–H groups in total. The van der Waals surface area contributed by atoms with Crippen LogP contribution in [0.4, 0.5) is 18.3 Å². The number of rotatable bonds is 3. The Morgan fingerprint density at radius 3 is 2.48 bits per heavy atom. The van der Waals surface area contributed by atoms with Gasteiger partial charge in [0.25, 0.3) is 5.91 Å². The van der Waals surface area contributed by atoms with Crippen LogP contribution in [0.25, 0.3) is 10.4 Å². The molecule has 3 nitrogen and oxygen atoms in total. The highest BCUT2D eigenvalue weighted by Gasteiger charge is 2.19. The summed E-state index contributed by atoms with van der Waals surface area (Å²) in [4.78, 5) is 16.8. The van der Waals surface area contributed by atoms with Crippen molar-refractivity contribution in [1.82, 2.24) is 4.98 Å². The second-order valence-electron chi connectivity index (χ2n) is 4.57. The summed E-state index contributed by atoms with van der Waals surface area (Å²) in [5, 5.41) is 2.61. The third-order valence-electron chi connectivity index (χ3n) is 3.06. The lowest BCUT2D eigenvalue weighted by molar-refractivity contribution is 0.102. The molecule has 3 aromatic rings. The molecule has 0 saturated carbocycles. The molecule has 0 aliphatic heterocycles. The minimum Gasteiger partial charge on any atom is -0.298 e. The average Bonchev–Trinajstić information content (AvgIpc) is 3.02. The lowest BCUT2D eigenvalue weighted by atomic mass is 10.2. The first-order valence-corrected chi connectivity index (χ1v) is 7.34. The SMILES string of the molecule is O=C(Nc1ncc(-c2ccccc2)s1)c1ccc(F)c(F)c1F. The van der Waals surface area contributed by atoms with E-state index in [2.05, 4.69) is 10.3 Å². The minimum atomic E-state index is -1.68. The van der Waals surface area contributed by atoms with E-state index >= 15 is 0 Å². The smallest absolute Gasteiger partial charge is 0.260 e. The molecule has 116 valence electrons. The summed E-state index contributed by atoms with van der Waals surface area (Å²) in [5.74, 6) is -5.45. The molecule has 3 rings (SSSR count). The van der Waals surface area contributed by atoms with Crippen LogP contribution >= 0.6 is 11.3 Å². The summed E-state index contributed by atoms with van der Waals surface area (Å²) < 4.78 is 39.6. The minimum absolute atomic E-state index is 0.234. The number of amides is 1. The third kappa shape index (κ3) is 3.09. The van der Waals surface area contributed by atoms with Crippen LogP contribution in [0, 0.1) is 17.5 Å². The first-order chi connectivity index (χ1) is 11.1. The molecular formula is C16H9F3N2OS. The van der Waals surface area contributed by atoms with E-state index in [4.69, 9.17) is 0 Å². The number of hydrogen-bond acceptors (Lipinski definition) is 3. The molecule has 0 spiro atoms. The summed E-state index contributed by atoms with van der Waals surface area (Å²) in [6.45, 7) is 0. The molecule has 7 heteroatoms. The molecule has 0 fully saturated rings. The zero-order chi connectivity index (χ0) is 16.4. The fourth-order valence-electron chi connectivity index (χ4n) is 1.93. The van der Waals surface area contributed by atoms with Crippen molar-refractivity contribution in [2.24, 2.45) is 0 Å². The van der Waals surface area contributed by atoms with Gasteiger partial charge < -0.3 is 0 Å². The Labute approximate surface area is 133 Å². The van der Waals surface area contributed by atoms with Crippen molar-refractivity contribution in [1.29, 1.82) is 0 Å². The fourth-order valence-corrected chi connectivity index (χ4v) is 2.75.